The first-order valence-corrected chi connectivity index (χ1v) is 46.9. The van der Waals surface area contributed by atoms with Crippen molar-refractivity contribution in [1.82, 2.24) is 64.7 Å². The Bertz CT molecular complexity index is 6180. The number of aromatic nitrogens is 8. The molecule has 20 nitrogen and oxygen atoms in total. The molecule has 1 aliphatic rings. The molecule has 684 valence electrons. The topological polar surface area (TPSA) is 217 Å². The van der Waals surface area contributed by atoms with E-state index in [-0.39, 0.29) is 29.6 Å². The van der Waals surface area contributed by atoms with Crippen LogP contribution in [0, 0.1) is 57.9 Å². The lowest BCUT2D eigenvalue weighted by Gasteiger charge is -2.16. The Morgan fingerprint density at radius 3 is 1.43 bits per heavy atom. The van der Waals surface area contributed by atoms with Gasteiger partial charge in [0.2, 0.25) is 0 Å². The van der Waals surface area contributed by atoms with Crippen LogP contribution >= 0.6 is 0 Å². The minimum absolute atomic E-state index is 0.153. The van der Waals surface area contributed by atoms with Gasteiger partial charge in [0, 0.05) is 107 Å². The van der Waals surface area contributed by atoms with E-state index in [2.05, 4.69) is 111 Å². The lowest BCUT2D eigenvalue weighted by molar-refractivity contribution is 0.281. The highest BCUT2D eigenvalue weighted by atomic mass is 32.2. The Morgan fingerprint density at radius 2 is 0.884 bits per heavy atom. The van der Waals surface area contributed by atoms with Gasteiger partial charge in [-0.15, -0.1) is 0 Å². The molecule has 0 unspecified atom stereocenters. The van der Waals surface area contributed by atoms with Crippen molar-refractivity contribution >= 4 is 59.3 Å². The van der Waals surface area contributed by atoms with Gasteiger partial charge in [-0.1, -0.05) is 130 Å². The molecule has 10 aromatic carbocycles. The number of halogens is 4. The van der Waals surface area contributed by atoms with E-state index >= 15 is 0 Å². The number of unbranched alkanes of at least 4 members (excludes halogenated alkanes) is 9. The second-order valence-electron chi connectivity index (χ2n) is 33.4. The van der Waals surface area contributed by atoms with Crippen LogP contribution in [-0.2, 0) is 50.4 Å². The fraction of sp³-hybridized carbons (Fsp3) is 0.375. The first kappa shape index (κ1) is 98.2. The molecule has 5 N–H and O–H groups in total. The van der Waals surface area contributed by atoms with Crippen LogP contribution in [0.3, 0.4) is 0 Å². The van der Waals surface area contributed by atoms with Crippen LogP contribution in [0.25, 0.3) is 88.6 Å². The van der Waals surface area contributed by atoms with E-state index in [1.165, 1.54) is 96.8 Å². The number of nitrogens with zero attached hydrogens (tertiary/aromatic N) is 10. The predicted molar refractivity (Wildman–Crippen MR) is 519 cm³/mol. The van der Waals surface area contributed by atoms with Crippen molar-refractivity contribution in [2.45, 2.75) is 151 Å². The van der Waals surface area contributed by atoms with E-state index in [1.807, 2.05) is 152 Å². The fourth-order valence-electron chi connectivity index (χ4n) is 15.8. The minimum atomic E-state index is -3.61. The normalized spacial score (nSPS) is 11.8. The van der Waals surface area contributed by atoms with Crippen LogP contribution < -0.4 is 35.5 Å². The second-order valence-corrected chi connectivity index (χ2v) is 35.2. The van der Waals surface area contributed by atoms with Crippen molar-refractivity contribution in [1.29, 1.82) is 0 Å². The lowest BCUT2D eigenvalue weighted by Crippen LogP contribution is -2.26. The molecule has 25 heteroatoms. The first-order valence-electron chi connectivity index (χ1n) is 45.0. The molecule has 14 aromatic rings. The molecule has 0 amide bonds. The number of benzene rings is 10. The molecular formula is C104H128F4N14O6S. The standard InChI is InChI=1S/C24H32FN3O.C22H28FN3O.C22H29N3O.C20H25FN4O2S.C16H14FNO/c1-4-14-28-23-16-18(2)9-11-21(23)24(27-28)20-12-10-19(17-22(20)25)29-15-8-6-5-7-13-26-3;1-16-8-10-19-21(14-16)25-26(3)22(19)18-11-9-17(15-20(18)23)27-13-7-5-4-6-12-24-2;1-17-8-13-20-21(16-17)25(3)24-22(20)18-9-11-19(12-10-18)26-15-7-5-4-6-14-23-2;1-14-5-7-17-19(11-14)25(28(4,26)27)23-20(17)16-8-6-15(12-18(16)21)13-24(3)10-9-22-2;1-10-2-4-13-12(6-10)8-18-16(13)14-5-3-11(9-19)7-15(14)17/h9-12,16-17,26H,4-8,13-15H2,1-3H3;8-11,14-15,24H,4-7,12-13H2,1-3H3;8-13,16,23H,4-7,14-15H2,1-3H3;5-8,11-12,22H,9-10,13H2,1-4H3;2-7,19H,8-9H2,1H3. The number of ether oxygens (including phenoxy) is 3. The molecule has 1 aliphatic heterocycles. The van der Waals surface area contributed by atoms with Gasteiger partial charge in [-0.25, -0.2) is 26.0 Å². The molecule has 15 rings (SSSR count). The summed E-state index contributed by atoms with van der Waals surface area (Å²) in [6.45, 7) is 21.0. The van der Waals surface area contributed by atoms with E-state index in [1.54, 1.807) is 47.1 Å². The van der Waals surface area contributed by atoms with Gasteiger partial charge in [0.15, 0.2) is 0 Å². The van der Waals surface area contributed by atoms with Gasteiger partial charge < -0.3 is 45.5 Å². The summed E-state index contributed by atoms with van der Waals surface area (Å²) in [5.41, 5.74) is 19.3. The summed E-state index contributed by atoms with van der Waals surface area (Å²) in [5.74, 6) is 0.759. The number of rotatable bonds is 38. The van der Waals surface area contributed by atoms with E-state index in [9.17, 15) is 26.0 Å². The van der Waals surface area contributed by atoms with Crippen LogP contribution in [0.15, 0.2) is 193 Å². The van der Waals surface area contributed by atoms with Crippen LogP contribution in [-0.4, -0.2) is 157 Å². The van der Waals surface area contributed by atoms with Gasteiger partial charge in [0.05, 0.1) is 72.7 Å². The largest absolute Gasteiger partial charge is 0.494 e. The van der Waals surface area contributed by atoms with E-state index in [4.69, 9.17) is 29.5 Å². The number of aliphatic imine (C=N–C) groups is 1. The Hall–Kier alpha value is -11.4. The maximum absolute atomic E-state index is 14.9. The number of hydrogen-bond acceptors (Lipinski definition) is 16. The monoisotopic (exact) mass is 1780 g/mol. The van der Waals surface area contributed by atoms with Gasteiger partial charge in [-0.2, -0.15) is 24.5 Å². The summed E-state index contributed by atoms with van der Waals surface area (Å²) < 4.78 is 107. The van der Waals surface area contributed by atoms with Crippen LogP contribution in [0.4, 0.5) is 17.6 Å². The highest BCUT2D eigenvalue weighted by molar-refractivity contribution is 7.89. The summed E-state index contributed by atoms with van der Waals surface area (Å²) in [4.78, 5) is 6.54. The number of aliphatic hydroxyl groups is 1. The predicted octanol–water partition coefficient (Wildman–Crippen LogP) is 20.9. The molecule has 0 atom stereocenters. The average molecular weight is 1780 g/mol. The van der Waals surface area contributed by atoms with Crippen LogP contribution in [0.1, 0.15) is 146 Å². The number of aryl methyl sites for hydroxylation is 8. The van der Waals surface area contributed by atoms with E-state index in [0.717, 1.165) is 167 Å². The molecular weight excluding hydrogens is 1650 g/mol. The summed E-state index contributed by atoms with van der Waals surface area (Å²) >= 11 is 0. The fourth-order valence-corrected chi connectivity index (χ4v) is 16.5. The Kier molecular flexibility index (Phi) is 36.8. The molecule has 129 heavy (non-hydrogen) atoms. The van der Waals surface area contributed by atoms with Gasteiger partial charge in [0.1, 0.15) is 57.6 Å². The number of hydrogen-bond donors (Lipinski definition) is 5. The summed E-state index contributed by atoms with van der Waals surface area (Å²) in [6.07, 6.45) is 15.8. The third-order valence-electron chi connectivity index (χ3n) is 22.6. The zero-order valence-corrected chi connectivity index (χ0v) is 78.3. The molecule has 0 radical (unpaired) electrons. The smallest absolute Gasteiger partial charge is 0.251 e. The lowest BCUT2D eigenvalue weighted by atomic mass is 9.97. The minimum Gasteiger partial charge on any atom is -0.494 e. The molecule has 4 aromatic heterocycles. The SMILES string of the molecule is CCCn1nc(-c2ccc(OCCCCCCNC)cc2F)c2ccc(C)cc21.CNCCCCCCOc1ccc(-c2c3ccc(C)cc3nn2C)c(F)c1.CNCCCCCCOc1ccc(-c2nn(C)c3cc(C)ccc23)cc1.CNCCN(C)Cc1ccc(-c2nn(S(C)(=O)=O)c3cc(C)ccc23)c(F)c1.Cc1ccc2c(c1)CN=C2c1ccc(CO)cc1F. The van der Waals surface area contributed by atoms with Crippen molar-refractivity contribution < 1.29 is 45.3 Å². The maximum Gasteiger partial charge on any atom is 0.251 e. The highest BCUT2D eigenvalue weighted by Crippen LogP contribution is 2.38. The number of aliphatic hydroxyl groups excluding tert-OH is 1. The molecule has 0 saturated heterocycles. The van der Waals surface area contributed by atoms with E-state index < -0.39 is 15.8 Å². The summed E-state index contributed by atoms with van der Waals surface area (Å²) in [7, 11) is 10.1. The molecule has 0 saturated carbocycles. The molecule has 0 aliphatic carbocycles. The zero-order chi connectivity index (χ0) is 92.1. The highest BCUT2D eigenvalue weighted by Gasteiger charge is 2.25. The summed E-state index contributed by atoms with van der Waals surface area (Å²) in [5, 5.41) is 43.5. The van der Waals surface area contributed by atoms with Crippen molar-refractivity contribution in [3.8, 4) is 62.3 Å². The van der Waals surface area contributed by atoms with Gasteiger partial charge in [-0.3, -0.25) is 19.0 Å². The van der Waals surface area contributed by atoms with Crippen LogP contribution in [0.2, 0.25) is 0 Å². The van der Waals surface area contributed by atoms with Gasteiger partial charge >= 0.3 is 0 Å². The Morgan fingerprint density at radius 1 is 0.434 bits per heavy atom. The first-order chi connectivity index (χ1) is 62.3. The zero-order valence-electron chi connectivity index (χ0n) is 77.5. The second kappa shape index (κ2) is 48.3. The number of likely N-dealkylation sites (N-methyl/N-ethyl adjacent to an activating group) is 2. The Balaban J connectivity index is 0.000000157. The van der Waals surface area contributed by atoms with Crippen molar-refractivity contribution in [3.05, 3.63) is 267 Å². The molecule has 0 fully saturated rings. The quantitative estimate of drug-likeness (QED) is 0.0180. The third kappa shape index (κ3) is 26.9. The van der Waals surface area contributed by atoms with Crippen molar-refractivity contribution in [3.63, 3.8) is 0 Å². The molecule has 5 heterocycles. The van der Waals surface area contributed by atoms with Crippen molar-refractivity contribution in [2.75, 3.05) is 94.0 Å². The Labute approximate surface area is 758 Å². The third-order valence-corrected chi connectivity index (χ3v) is 23.5. The van der Waals surface area contributed by atoms with Gasteiger partial charge in [-0.05, 0) is 270 Å². The van der Waals surface area contributed by atoms with Crippen molar-refractivity contribution in [2.24, 2.45) is 19.1 Å². The maximum atomic E-state index is 14.9. The van der Waals surface area contributed by atoms with Crippen LogP contribution in [0.5, 0.6) is 17.2 Å². The molecule has 0 spiro atoms. The van der Waals surface area contributed by atoms with E-state index in [0.29, 0.717) is 88.1 Å². The number of nitrogens with one attached hydrogen (secondary N) is 4. The summed E-state index contributed by atoms with van der Waals surface area (Å²) in [6, 6.07) is 58.5. The van der Waals surface area contributed by atoms with Gasteiger partial charge in [0.25, 0.3) is 10.0 Å². The molecule has 0 bridgehead atoms. The number of fused-ring (bicyclic) bond motifs is 5. The average Bonchev–Trinajstić information content (AvgIpc) is 1.61.